The molecule has 0 aliphatic heterocycles. The number of unbranched alkanes of at least 4 members (excludes halogenated alkanes) is 7. The van der Waals surface area contributed by atoms with Crippen molar-refractivity contribution in [2.75, 3.05) is 12.8 Å². The maximum atomic E-state index is 11.6. The van der Waals surface area contributed by atoms with E-state index in [4.69, 9.17) is 0 Å². The molecule has 1 aliphatic rings. The molecule has 0 amide bonds. The van der Waals surface area contributed by atoms with Gasteiger partial charge in [-0.1, -0.05) is 58.3 Å². The number of hydrogen-bond acceptors (Lipinski definition) is 3. The largest absolute Gasteiger partial charge is 0.314 e. The van der Waals surface area contributed by atoms with Crippen molar-refractivity contribution in [1.82, 2.24) is 5.32 Å². The van der Waals surface area contributed by atoms with Gasteiger partial charge >= 0.3 is 0 Å². The SMILES string of the molecule is CCCCCCCCCCNC1CCCC(S(C)(=O)=O)C1. The van der Waals surface area contributed by atoms with Crippen LogP contribution in [0, 0.1) is 0 Å². The van der Waals surface area contributed by atoms with Crippen LogP contribution in [0.3, 0.4) is 0 Å². The van der Waals surface area contributed by atoms with Gasteiger partial charge in [0.1, 0.15) is 9.84 Å². The first-order chi connectivity index (χ1) is 10.0. The molecule has 0 bridgehead atoms. The fourth-order valence-corrected chi connectivity index (χ4v) is 4.46. The van der Waals surface area contributed by atoms with E-state index in [1.165, 1.54) is 57.6 Å². The predicted octanol–water partition coefficient (Wildman–Crippen LogP) is 4.07. The van der Waals surface area contributed by atoms with Gasteiger partial charge in [0.15, 0.2) is 0 Å². The number of nitrogens with one attached hydrogen (secondary N) is 1. The van der Waals surface area contributed by atoms with Crippen molar-refractivity contribution in [3.63, 3.8) is 0 Å². The van der Waals surface area contributed by atoms with Gasteiger partial charge < -0.3 is 5.32 Å². The van der Waals surface area contributed by atoms with Crippen molar-refractivity contribution in [2.45, 2.75) is 95.3 Å². The van der Waals surface area contributed by atoms with Crippen molar-refractivity contribution in [2.24, 2.45) is 0 Å². The Kier molecular flexibility index (Phi) is 9.57. The standard InChI is InChI=1S/C17H35NO2S/c1-3-4-5-6-7-8-9-10-14-18-16-12-11-13-17(15-16)21(2,19)20/h16-18H,3-15H2,1-2H3. The van der Waals surface area contributed by atoms with Crippen LogP contribution in [0.1, 0.15) is 84.0 Å². The summed E-state index contributed by atoms with van der Waals surface area (Å²) in [5, 5.41) is 3.46. The van der Waals surface area contributed by atoms with Gasteiger partial charge in [0.05, 0.1) is 5.25 Å². The third-order valence-corrected chi connectivity index (χ3v) is 6.33. The molecule has 0 heterocycles. The van der Waals surface area contributed by atoms with Gasteiger partial charge in [-0.15, -0.1) is 0 Å². The summed E-state index contributed by atoms with van der Waals surface area (Å²) in [6, 6.07) is 0.419. The van der Waals surface area contributed by atoms with E-state index in [1.54, 1.807) is 0 Å². The minimum absolute atomic E-state index is 0.109. The van der Waals surface area contributed by atoms with E-state index >= 15 is 0 Å². The highest BCUT2D eigenvalue weighted by Crippen LogP contribution is 2.23. The summed E-state index contributed by atoms with van der Waals surface area (Å²) in [5.74, 6) is 0. The lowest BCUT2D eigenvalue weighted by molar-refractivity contribution is 0.368. The molecule has 126 valence electrons. The molecular formula is C17H35NO2S. The Morgan fingerprint density at radius 3 is 2.19 bits per heavy atom. The molecule has 1 aliphatic carbocycles. The summed E-state index contributed by atoms with van der Waals surface area (Å²) in [7, 11) is -2.85. The van der Waals surface area contributed by atoms with E-state index < -0.39 is 9.84 Å². The number of rotatable bonds is 11. The Hall–Kier alpha value is -0.0900. The van der Waals surface area contributed by atoms with Crippen LogP contribution in [0.15, 0.2) is 0 Å². The summed E-state index contributed by atoms with van der Waals surface area (Å²) in [6.07, 6.45) is 16.0. The Morgan fingerprint density at radius 2 is 1.57 bits per heavy atom. The third-order valence-electron chi connectivity index (χ3n) is 4.69. The van der Waals surface area contributed by atoms with Crippen LogP contribution in [0.5, 0.6) is 0 Å². The molecule has 0 radical (unpaired) electrons. The zero-order valence-corrected chi connectivity index (χ0v) is 14.9. The van der Waals surface area contributed by atoms with Crippen molar-refractivity contribution in [3.8, 4) is 0 Å². The second kappa shape index (κ2) is 10.6. The van der Waals surface area contributed by atoms with Gasteiger partial charge in [-0.25, -0.2) is 8.42 Å². The Balaban J connectivity index is 2.00. The molecule has 2 unspecified atom stereocenters. The highest BCUT2D eigenvalue weighted by Gasteiger charge is 2.28. The molecule has 1 rings (SSSR count). The monoisotopic (exact) mass is 317 g/mol. The molecule has 0 aromatic rings. The van der Waals surface area contributed by atoms with Gasteiger partial charge in [0, 0.05) is 12.3 Å². The quantitative estimate of drug-likeness (QED) is 0.584. The first-order valence-corrected chi connectivity index (χ1v) is 10.9. The Morgan fingerprint density at radius 1 is 0.952 bits per heavy atom. The van der Waals surface area contributed by atoms with Crippen LogP contribution in [0.4, 0.5) is 0 Å². The zero-order chi connectivity index (χ0) is 15.6. The van der Waals surface area contributed by atoms with Crippen LogP contribution in [-0.4, -0.2) is 32.5 Å². The third kappa shape index (κ3) is 8.82. The summed E-state index contributed by atoms with van der Waals surface area (Å²) in [6.45, 7) is 3.31. The van der Waals surface area contributed by atoms with E-state index in [1.807, 2.05) is 0 Å². The first kappa shape index (κ1) is 19.0. The molecule has 3 nitrogen and oxygen atoms in total. The molecule has 0 aromatic carbocycles. The number of sulfone groups is 1. The lowest BCUT2D eigenvalue weighted by Crippen LogP contribution is -2.39. The summed E-state index contributed by atoms with van der Waals surface area (Å²) < 4.78 is 23.3. The molecule has 1 fully saturated rings. The minimum Gasteiger partial charge on any atom is -0.314 e. The maximum absolute atomic E-state index is 11.6. The molecule has 0 spiro atoms. The molecule has 4 heteroatoms. The van der Waals surface area contributed by atoms with Crippen molar-refractivity contribution >= 4 is 9.84 Å². The van der Waals surface area contributed by atoms with Gasteiger partial charge in [-0.05, 0) is 32.2 Å². The van der Waals surface area contributed by atoms with Gasteiger partial charge in [-0.3, -0.25) is 0 Å². The molecule has 1 saturated carbocycles. The van der Waals surface area contributed by atoms with Gasteiger partial charge in [0.25, 0.3) is 0 Å². The van der Waals surface area contributed by atoms with E-state index in [-0.39, 0.29) is 5.25 Å². The average Bonchev–Trinajstić information content (AvgIpc) is 2.45. The van der Waals surface area contributed by atoms with Crippen LogP contribution in [0.2, 0.25) is 0 Å². The molecule has 1 N–H and O–H groups in total. The van der Waals surface area contributed by atoms with Gasteiger partial charge in [-0.2, -0.15) is 0 Å². The summed E-state index contributed by atoms with van der Waals surface area (Å²) in [5.41, 5.74) is 0. The minimum atomic E-state index is -2.85. The summed E-state index contributed by atoms with van der Waals surface area (Å²) in [4.78, 5) is 0. The zero-order valence-electron chi connectivity index (χ0n) is 14.1. The topological polar surface area (TPSA) is 46.2 Å². The first-order valence-electron chi connectivity index (χ1n) is 8.96. The molecular weight excluding hydrogens is 282 g/mol. The smallest absolute Gasteiger partial charge is 0.150 e. The highest BCUT2D eigenvalue weighted by atomic mass is 32.2. The highest BCUT2D eigenvalue weighted by molar-refractivity contribution is 7.91. The molecule has 2 atom stereocenters. The van der Waals surface area contributed by atoms with Crippen LogP contribution < -0.4 is 5.32 Å². The predicted molar refractivity (Wildman–Crippen MR) is 91.5 cm³/mol. The Labute approximate surface area is 132 Å². The average molecular weight is 318 g/mol. The second-order valence-corrected chi connectivity index (χ2v) is 9.07. The van der Waals surface area contributed by atoms with E-state index in [0.717, 1.165) is 32.2 Å². The van der Waals surface area contributed by atoms with Crippen molar-refractivity contribution < 1.29 is 8.42 Å². The van der Waals surface area contributed by atoms with Crippen LogP contribution >= 0.6 is 0 Å². The fourth-order valence-electron chi connectivity index (χ4n) is 3.28. The lowest BCUT2D eigenvalue weighted by atomic mass is 9.95. The summed E-state index contributed by atoms with van der Waals surface area (Å²) >= 11 is 0. The van der Waals surface area contributed by atoms with E-state index in [9.17, 15) is 8.42 Å². The van der Waals surface area contributed by atoms with E-state index in [2.05, 4.69) is 12.2 Å². The second-order valence-electron chi connectivity index (χ2n) is 6.74. The van der Waals surface area contributed by atoms with Crippen molar-refractivity contribution in [3.05, 3.63) is 0 Å². The number of hydrogen-bond donors (Lipinski definition) is 1. The van der Waals surface area contributed by atoms with Crippen molar-refractivity contribution in [1.29, 1.82) is 0 Å². The lowest BCUT2D eigenvalue weighted by Gasteiger charge is -2.28. The van der Waals surface area contributed by atoms with Crippen LogP contribution in [-0.2, 0) is 9.84 Å². The normalized spacial score (nSPS) is 23.3. The van der Waals surface area contributed by atoms with E-state index in [0.29, 0.717) is 6.04 Å². The molecule has 21 heavy (non-hydrogen) atoms. The van der Waals surface area contributed by atoms with Crippen LogP contribution in [0.25, 0.3) is 0 Å². The Bertz CT molecular complexity index is 354. The molecule has 0 aromatic heterocycles. The van der Waals surface area contributed by atoms with Gasteiger partial charge in [0.2, 0.25) is 0 Å². The maximum Gasteiger partial charge on any atom is 0.150 e. The molecule has 0 saturated heterocycles. The fraction of sp³-hybridized carbons (Fsp3) is 1.00.